The molecule has 5 rings (SSSR count). The number of benzene rings is 3. The molecule has 0 aliphatic carbocycles. The quantitative estimate of drug-likeness (QED) is 0.267. The molecule has 10 heteroatoms. The van der Waals surface area contributed by atoms with E-state index in [9.17, 15) is 13.5 Å². The summed E-state index contributed by atoms with van der Waals surface area (Å²) in [5.41, 5.74) is 4.00. The summed E-state index contributed by atoms with van der Waals surface area (Å²) in [6, 6.07) is 20.8. The molecular formula is C34H44N2O7S. The van der Waals surface area contributed by atoms with Crippen molar-refractivity contribution < 1.29 is 32.5 Å². The minimum absolute atomic E-state index is 0.0618. The molecule has 3 aromatic rings. The Hall–Kier alpha value is -3.15. The lowest BCUT2D eigenvalue weighted by Crippen LogP contribution is -2.60. The van der Waals surface area contributed by atoms with Crippen LogP contribution in [0.2, 0.25) is 0 Å². The number of aliphatic hydroxyl groups excluding tert-OH is 1. The molecule has 0 unspecified atom stereocenters. The highest BCUT2D eigenvalue weighted by Crippen LogP contribution is 2.42. The summed E-state index contributed by atoms with van der Waals surface area (Å²) in [4.78, 5) is 1.21. The van der Waals surface area contributed by atoms with Crippen LogP contribution in [0.4, 0.5) is 5.69 Å². The first kappa shape index (κ1) is 32.2. The van der Waals surface area contributed by atoms with Crippen LogP contribution >= 0.6 is 0 Å². The lowest BCUT2D eigenvalue weighted by molar-refractivity contribution is -0.00377. The maximum atomic E-state index is 14.2. The van der Waals surface area contributed by atoms with Crippen molar-refractivity contribution in [1.82, 2.24) is 5.32 Å². The number of anilines is 1. The highest BCUT2D eigenvalue weighted by Gasteiger charge is 2.50. The standard InChI is InChI=1S/C34H44N2O7S/c1-25-5-12-29(13-6-25)44(38,39)34(15-18-37)22-30(27-8-10-28(41-3)11-9-27)33(23-35-34)43-24-26-7-14-32-31(21-26)36(17-20-42-32)16-4-19-40-2/h5-14,21,30,33,35,37H,4,15-20,22-24H2,1-3H3/t30-,33+,34+/m1/s1. The number of sulfone groups is 1. The Morgan fingerprint density at radius 3 is 2.55 bits per heavy atom. The zero-order valence-corrected chi connectivity index (χ0v) is 26.6. The van der Waals surface area contributed by atoms with E-state index in [1.165, 1.54) is 0 Å². The molecule has 1 fully saturated rings. The van der Waals surface area contributed by atoms with Crippen LogP contribution in [-0.2, 0) is 25.9 Å². The summed E-state index contributed by atoms with van der Waals surface area (Å²) in [6.45, 7) is 5.36. The second-order valence-corrected chi connectivity index (χ2v) is 13.8. The summed E-state index contributed by atoms with van der Waals surface area (Å²) in [5, 5.41) is 13.4. The average molecular weight is 625 g/mol. The van der Waals surface area contributed by atoms with Gasteiger partial charge in [0.25, 0.3) is 0 Å². The summed E-state index contributed by atoms with van der Waals surface area (Å²) in [5.74, 6) is 1.34. The van der Waals surface area contributed by atoms with Crippen molar-refractivity contribution in [2.45, 2.75) is 54.6 Å². The van der Waals surface area contributed by atoms with Crippen LogP contribution in [0, 0.1) is 6.92 Å². The van der Waals surface area contributed by atoms with E-state index in [0.717, 1.165) is 53.4 Å². The molecule has 0 bridgehead atoms. The van der Waals surface area contributed by atoms with Gasteiger partial charge in [-0.1, -0.05) is 35.9 Å². The van der Waals surface area contributed by atoms with E-state index in [2.05, 4.69) is 16.3 Å². The predicted octanol–water partition coefficient (Wildman–Crippen LogP) is 4.45. The fraction of sp³-hybridized carbons (Fsp3) is 0.471. The molecule has 2 heterocycles. The van der Waals surface area contributed by atoms with Crippen molar-refractivity contribution in [3.63, 3.8) is 0 Å². The van der Waals surface area contributed by atoms with Gasteiger partial charge in [0.1, 0.15) is 23.0 Å². The van der Waals surface area contributed by atoms with Crippen molar-refractivity contribution >= 4 is 15.5 Å². The Labute approximate surface area is 261 Å². The van der Waals surface area contributed by atoms with E-state index in [4.69, 9.17) is 18.9 Å². The number of fused-ring (bicyclic) bond motifs is 1. The zero-order valence-electron chi connectivity index (χ0n) is 25.8. The van der Waals surface area contributed by atoms with Crippen LogP contribution in [-0.4, -0.2) is 78.2 Å². The first-order chi connectivity index (χ1) is 21.3. The molecule has 0 saturated carbocycles. The molecule has 3 atom stereocenters. The Balaban J connectivity index is 1.41. The predicted molar refractivity (Wildman–Crippen MR) is 170 cm³/mol. The maximum Gasteiger partial charge on any atom is 0.197 e. The van der Waals surface area contributed by atoms with Crippen molar-refractivity contribution in [2.24, 2.45) is 0 Å². The highest BCUT2D eigenvalue weighted by molar-refractivity contribution is 7.92. The molecule has 2 aliphatic rings. The molecule has 0 aromatic heterocycles. The van der Waals surface area contributed by atoms with Crippen LogP contribution < -0.4 is 19.7 Å². The molecule has 0 amide bonds. The van der Waals surface area contributed by atoms with E-state index in [-0.39, 0.29) is 36.4 Å². The summed E-state index contributed by atoms with van der Waals surface area (Å²) >= 11 is 0. The van der Waals surface area contributed by atoms with Gasteiger partial charge in [0.05, 0.1) is 36.9 Å². The van der Waals surface area contributed by atoms with E-state index in [1.807, 2.05) is 43.3 Å². The molecular weight excluding hydrogens is 580 g/mol. The van der Waals surface area contributed by atoms with Crippen LogP contribution in [0.5, 0.6) is 11.5 Å². The van der Waals surface area contributed by atoms with Crippen LogP contribution in [0.3, 0.4) is 0 Å². The molecule has 238 valence electrons. The number of nitrogens with zero attached hydrogens (tertiary/aromatic N) is 1. The SMILES string of the molecule is COCCCN1CCOc2ccc(CO[C@H]3CN[C@@](CCO)(S(=O)(=O)c4ccc(C)cc4)C[C@@H]3c3ccc(OC)cc3)cc21. The van der Waals surface area contributed by atoms with Gasteiger partial charge in [0, 0.05) is 45.8 Å². The molecule has 44 heavy (non-hydrogen) atoms. The Kier molecular flexibility index (Phi) is 10.5. The third-order valence-corrected chi connectivity index (χ3v) is 11.2. The molecule has 2 aliphatic heterocycles. The zero-order chi connectivity index (χ0) is 31.2. The average Bonchev–Trinajstić information content (AvgIpc) is 3.04. The summed E-state index contributed by atoms with van der Waals surface area (Å²) in [6.07, 6.45) is 0.918. The molecule has 0 spiro atoms. The van der Waals surface area contributed by atoms with Gasteiger partial charge in [-0.25, -0.2) is 8.42 Å². The number of aliphatic hydroxyl groups is 1. The second-order valence-electron chi connectivity index (χ2n) is 11.6. The first-order valence-corrected chi connectivity index (χ1v) is 16.7. The Morgan fingerprint density at radius 1 is 1.07 bits per heavy atom. The number of hydrogen-bond donors (Lipinski definition) is 2. The summed E-state index contributed by atoms with van der Waals surface area (Å²) < 4.78 is 51.5. The number of rotatable bonds is 13. The molecule has 0 radical (unpaired) electrons. The Bertz CT molecular complexity index is 1480. The number of piperidine rings is 1. The smallest absolute Gasteiger partial charge is 0.197 e. The lowest BCUT2D eigenvalue weighted by Gasteiger charge is -2.45. The normalized spacial score (nSPS) is 21.9. The van der Waals surface area contributed by atoms with E-state index >= 15 is 0 Å². The van der Waals surface area contributed by atoms with Crippen molar-refractivity contribution in [3.8, 4) is 11.5 Å². The number of ether oxygens (including phenoxy) is 4. The van der Waals surface area contributed by atoms with Crippen molar-refractivity contribution in [1.29, 1.82) is 0 Å². The third kappa shape index (κ3) is 6.89. The van der Waals surface area contributed by atoms with E-state index < -0.39 is 14.7 Å². The minimum atomic E-state index is -3.85. The van der Waals surface area contributed by atoms with E-state index in [1.54, 1.807) is 38.5 Å². The summed E-state index contributed by atoms with van der Waals surface area (Å²) in [7, 11) is -0.517. The van der Waals surface area contributed by atoms with E-state index in [0.29, 0.717) is 26.4 Å². The third-order valence-electron chi connectivity index (χ3n) is 8.75. The van der Waals surface area contributed by atoms with Crippen LogP contribution in [0.25, 0.3) is 0 Å². The maximum absolute atomic E-state index is 14.2. The van der Waals surface area contributed by atoms with Crippen LogP contribution in [0.1, 0.15) is 41.9 Å². The van der Waals surface area contributed by atoms with Gasteiger partial charge in [-0.15, -0.1) is 0 Å². The molecule has 3 aromatic carbocycles. The van der Waals surface area contributed by atoms with Crippen LogP contribution in [0.15, 0.2) is 71.6 Å². The van der Waals surface area contributed by atoms with Crippen molar-refractivity contribution in [3.05, 3.63) is 83.4 Å². The minimum Gasteiger partial charge on any atom is -0.497 e. The fourth-order valence-corrected chi connectivity index (χ4v) is 8.22. The van der Waals surface area contributed by atoms with Gasteiger partial charge >= 0.3 is 0 Å². The first-order valence-electron chi connectivity index (χ1n) is 15.2. The monoisotopic (exact) mass is 624 g/mol. The van der Waals surface area contributed by atoms with Gasteiger partial charge in [-0.3, -0.25) is 5.32 Å². The lowest BCUT2D eigenvalue weighted by atomic mass is 9.83. The Morgan fingerprint density at radius 2 is 1.84 bits per heavy atom. The second kappa shape index (κ2) is 14.3. The highest BCUT2D eigenvalue weighted by atomic mass is 32.2. The molecule has 1 saturated heterocycles. The van der Waals surface area contributed by atoms with Gasteiger partial charge in [-0.05, 0) is 67.3 Å². The largest absolute Gasteiger partial charge is 0.497 e. The number of methoxy groups -OCH3 is 2. The topological polar surface area (TPSA) is 107 Å². The fourth-order valence-electron chi connectivity index (χ4n) is 6.24. The number of aryl methyl sites for hydroxylation is 1. The van der Waals surface area contributed by atoms with Gasteiger partial charge in [0.15, 0.2) is 9.84 Å². The number of hydrogen-bond acceptors (Lipinski definition) is 9. The molecule has 9 nitrogen and oxygen atoms in total. The van der Waals surface area contributed by atoms with Crippen molar-refractivity contribution in [2.75, 3.05) is 58.6 Å². The molecule has 2 N–H and O–H groups in total. The van der Waals surface area contributed by atoms with Gasteiger partial charge in [0.2, 0.25) is 0 Å². The van der Waals surface area contributed by atoms with Gasteiger partial charge < -0.3 is 29.0 Å². The number of nitrogens with one attached hydrogen (secondary N) is 1. The van der Waals surface area contributed by atoms with Gasteiger partial charge in [-0.2, -0.15) is 0 Å².